The normalized spacial score (nSPS) is 12.9. The standard InChI is InChI=1S/C54H37N3O/c1-34-21-28-42(35(2)55-34)37-24-22-36(23-25-37)40-26-29-51-47(31-40)54(45-19-11-9-17-43(45)44-18-10-12-20-46(44)54)48-32-41(27-30-52(48)58-51)50-33-49(38-13-5-3-6-14-38)56-53(57-50)39-15-7-4-8-16-39/h3-33H,1-2H3. The molecule has 4 heteroatoms. The maximum absolute atomic E-state index is 6.92. The van der Waals surface area contributed by atoms with Gasteiger partial charge in [0.05, 0.1) is 16.8 Å². The summed E-state index contributed by atoms with van der Waals surface area (Å²) in [7, 11) is 0. The van der Waals surface area contributed by atoms with Crippen LogP contribution in [0.3, 0.4) is 0 Å². The minimum Gasteiger partial charge on any atom is -0.457 e. The molecule has 0 N–H and O–H groups in total. The van der Waals surface area contributed by atoms with Gasteiger partial charge in [-0.2, -0.15) is 0 Å². The number of hydrogen-bond donors (Lipinski definition) is 0. The fourth-order valence-corrected chi connectivity index (χ4v) is 9.14. The number of pyridine rings is 1. The molecule has 0 unspecified atom stereocenters. The maximum atomic E-state index is 6.92. The Labute approximate surface area is 338 Å². The third-order valence-electron chi connectivity index (χ3n) is 11.8. The number of rotatable bonds is 5. The quantitative estimate of drug-likeness (QED) is 0.176. The molecule has 11 rings (SSSR count). The molecule has 2 aromatic heterocycles. The van der Waals surface area contributed by atoms with Gasteiger partial charge >= 0.3 is 0 Å². The van der Waals surface area contributed by atoms with Crippen molar-refractivity contribution in [2.24, 2.45) is 0 Å². The largest absolute Gasteiger partial charge is 0.457 e. The van der Waals surface area contributed by atoms with Gasteiger partial charge in [0.25, 0.3) is 0 Å². The summed E-state index contributed by atoms with van der Waals surface area (Å²) in [6.45, 7) is 4.11. The fraction of sp³-hybridized carbons (Fsp3) is 0.0556. The van der Waals surface area contributed by atoms with Crippen LogP contribution in [0.1, 0.15) is 33.6 Å². The topological polar surface area (TPSA) is 47.9 Å². The van der Waals surface area contributed by atoms with E-state index in [1.165, 1.54) is 22.3 Å². The number of fused-ring (bicyclic) bond motifs is 9. The second-order valence-corrected chi connectivity index (χ2v) is 15.2. The Morgan fingerprint density at radius 2 is 0.879 bits per heavy atom. The van der Waals surface area contributed by atoms with E-state index in [1.54, 1.807) is 0 Å². The highest BCUT2D eigenvalue weighted by molar-refractivity contribution is 5.90. The lowest BCUT2D eigenvalue weighted by Gasteiger charge is -2.40. The summed E-state index contributed by atoms with van der Waals surface area (Å²) >= 11 is 0. The van der Waals surface area contributed by atoms with Gasteiger partial charge in [-0.1, -0.05) is 146 Å². The average Bonchev–Trinajstić information content (AvgIpc) is 3.57. The first-order valence-corrected chi connectivity index (χ1v) is 19.8. The zero-order valence-electron chi connectivity index (χ0n) is 32.1. The Balaban J connectivity index is 1.12. The molecule has 1 aliphatic heterocycles. The van der Waals surface area contributed by atoms with Crippen molar-refractivity contribution in [1.29, 1.82) is 0 Å². The lowest BCUT2D eigenvalue weighted by atomic mass is 9.65. The summed E-state index contributed by atoms with van der Waals surface area (Å²) in [5, 5.41) is 0. The third kappa shape index (κ3) is 5.33. The molecule has 2 aliphatic rings. The Hall–Kier alpha value is -7.43. The van der Waals surface area contributed by atoms with Gasteiger partial charge in [-0.3, -0.25) is 4.98 Å². The molecule has 4 nitrogen and oxygen atoms in total. The van der Waals surface area contributed by atoms with E-state index in [1.807, 2.05) is 31.2 Å². The van der Waals surface area contributed by atoms with Crippen molar-refractivity contribution in [1.82, 2.24) is 15.0 Å². The predicted octanol–water partition coefficient (Wildman–Crippen LogP) is 13.3. The third-order valence-corrected chi connectivity index (χ3v) is 11.8. The van der Waals surface area contributed by atoms with Gasteiger partial charge in [-0.25, -0.2) is 9.97 Å². The van der Waals surface area contributed by atoms with Crippen LogP contribution in [0.2, 0.25) is 0 Å². The van der Waals surface area contributed by atoms with Crippen molar-refractivity contribution in [3.8, 4) is 78.8 Å². The first-order valence-electron chi connectivity index (χ1n) is 19.8. The van der Waals surface area contributed by atoms with Crippen LogP contribution in [-0.2, 0) is 5.41 Å². The second kappa shape index (κ2) is 13.4. The van der Waals surface area contributed by atoms with E-state index in [4.69, 9.17) is 19.7 Å². The average molecular weight is 744 g/mol. The number of benzene rings is 7. The monoisotopic (exact) mass is 743 g/mol. The molecule has 1 aliphatic carbocycles. The molecule has 0 saturated carbocycles. The molecule has 3 heterocycles. The van der Waals surface area contributed by atoms with Crippen LogP contribution in [0.25, 0.3) is 67.3 Å². The van der Waals surface area contributed by atoms with Gasteiger partial charge in [0.1, 0.15) is 11.5 Å². The van der Waals surface area contributed by atoms with Gasteiger partial charge in [0.2, 0.25) is 0 Å². The van der Waals surface area contributed by atoms with Crippen LogP contribution in [-0.4, -0.2) is 15.0 Å². The van der Waals surface area contributed by atoms with Crippen LogP contribution in [0.5, 0.6) is 11.5 Å². The van der Waals surface area contributed by atoms with E-state index >= 15 is 0 Å². The molecule has 1 spiro atoms. The summed E-state index contributed by atoms with van der Waals surface area (Å²) in [5.74, 6) is 2.38. The van der Waals surface area contributed by atoms with Gasteiger partial charge in [-0.15, -0.1) is 0 Å². The number of aryl methyl sites for hydroxylation is 2. The molecule has 0 bridgehead atoms. The van der Waals surface area contributed by atoms with E-state index in [0.717, 1.165) is 84.3 Å². The molecule has 274 valence electrons. The molecule has 7 aromatic carbocycles. The number of aromatic nitrogens is 3. The van der Waals surface area contributed by atoms with Crippen molar-refractivity contribution < 1.29 is 4.74 Å². The summed E-state index contributed by atoms with van der Waals surface area (Å²) < 4.78 is 6.92. The van der Waals surface area contributed by atoms with Gasteiger partial charge in [0, 0.05) is 44.8 Å². The summed E-state index contributed by atoms with van der Waals surface area (Å²) in [4.78, 5) is 15.0. The molecule has 0 amide bonds. The molecule has 9 aromatic rings. The molecule has 58 heavy (non-hydrogen) atoms. The van der Waals surface area contributed by atoms with Crippen LogP contribution >= 0.6 is 0 Å². The lowest BCUT2D eigenvalue weighted by molar-refractivity contribution is 0.436. The van der Waals surface area contributed by atoms with Crippen molar-refractivity contribution >= 4 is 0 Å². The number of ether oxygens (including phenoxy) is 1. The van der Waals surface area contributed by atoms with E-state index in [0.29, 0.717) is 5.82 Å². The Morgan fingerprint density at radius 1 is 0.362 bits per heavy atom. The Bertz CT molecular complexity index is 2940. The summed E-state index contributed by atoms with van der Waals surface area (Å²) in [6, 6.07) is 66.8. The van der Waals surface area contributed by atoms with E-state index in [9.17, 15) is 0 Å². The molecule has 0 radical (unpaired) electrons. The molecule has 0 atom stereocenters. The first kappa shape index (κ1) is 33.9. The van der Waals surface area contributed by atoms with E-state index < -0.39 is 5.41 Å². The van der Waals surface area contributed by atoms with Crippen molar-refractivity contribution in [3.63, 3.8) is 0 Å². The SMILES string of the molecule is Cc1ccc(-c2ccc(-c3ccc4c(c3)C3(c5cc(-c6cc(-c7ccccc7)nc(-c7ccccc7)n6)ccc5O4)c4ccccc4-c4ccccc43)cc2)c(C)n1. The van der Waals surface area contributed by atoms with Gasteiger partial charge in [0.15, 0.2) is 5.82 Å². The second-order valence-electron chi connectivity index (χ2n) is 15.2. The van der Waals surface area contributed by atoms with Crippen molar-refractivity contribution in [2.45, 2.75) is 19.3 Å². The van der Waals surface area contributed by atoms with Crippen molar-refractivity contribution in [3.05, 3.63) is 222 Å². The zero-order valence-corrected chi connectivity index (χ0v) is 32.1. The highest BCUT2D eigenvalue weighted by Crippen LogP contribution is 2.62. The van der Waals surface area contributed by atoms with Crippen molar-refractivity contribution in [2.75, 3.05) is 0 Å². The molecule has 0 saturated heterocycles. The fourth-order valence-electron chi connectivity index (χ4n) is 9.14. The van der Waals surface area contributed by atoms with Gasteiger partial charge < -0.3 is 4.74 Å². The van der Waals surface area contributed by atoms with E-state index in [-0.39, 0.29) is 0 Å². The lowest BCUT2D eigenvalue weighted by Crippen LogP contribution is -2.32. The summed E-state index contributed by atoms with van der Waals surface area (Å²) in [5.41, 5.74) is 17.9. The molecular formula is C54H37N3O. The van der Waals surface area contributed by atoms with Crippen LogP contribution in [0, 0.1) is 13.8 Å². The van der Waals surface area contributed by atoms with Gasteiger partial charge in [-0.05, 0) is 95.3 Å². The predicted molar refractivity (Wildman–Crippen MR) is 234 cm³/mol. The molecule has 0 fully saturated rings. The highest BCUT2D eigenvalue weighted by atomic mass is 16.5. The number of nitrogens with zero attached hydrogens (tertiary/aromatic N) is 3. The summed E-state index contributed by atoms with van der Waals surface area (Å²) in [6.07, 6.45) is 0. The minimum absolute atomic E-state index is 0.649. The van der Waals surface area contributed by atoms with Crippen LogP contribution < -0.4 is 4.74 Å². The minimum atomic E-state index is -0.649. The maximum Gasteiger partial charge on any atom is 0.160 e. The molecular weight excluding hydrogens is 707 g/mol. The zero-order chi connectivity index (χ0) is 38.8. The Kier molecular flexibility index (Phi) is 7.80. The van der Waals surface area contributed by atoms with E-state index in [2.05, 4.69) is 171 Å². The highest BCUT2D eigenvalue weighted by Gasteiger charge is 2.51. The smallest absolute Gasteiger partial charge is 0.160 e. The van der Waals surface area contributed by atoms with Crippen LogP contribution in [0.4, 0.5) is 0 Å². The Morgan fingerprint density at radius 3 is 1.52 bits per heavy atom. The van der Waals surface area contributed by atoms with Crippen LogP contribution in [0.15, 0.2) is 188 Å². The first-order chi connectivity index (χ1) is 28.5. The number of hydrogen-bond acceptors (Lipinski definition) is 4.